The van der Waals surface area contributed by atoms with Gasteiger partial charge >= 0.3 is 5.97 Å². The van der Waals surface area contributed by atoms with E-state index in [2.05, 4.69) is 5.18 Å². The van der Waals surface area contributed by atoms with Crippen molar-refractivity contribution in [3.63, 3.8) is 0 Å². The van der Waals surface area contributed by atoms with Crippen LogP contribution in [0.3, 0.4) is 0 Å². The van der Waals surface area contributed by atoms with E-state index in [4.69, 9.17) is 13.9 Å². The van der Waals surface area contributed by atoms with Crippen molar-refractivity contribution in [2.24, 2.45) is 5.18 Å². The summed E-state index contributed by atoms with van der Waals surface area (Å²) < 4.78 is 32.2. The minimum absolute atomic E-state index is 0.0189. The summed E-state index contributed by atoms with van der Waals surface area (Å²) in [5.41, 5.74) is 1.98. The second kappa shape index (κ2) is 10.1. The number of hydrogen-bond acceptors (Lipinski definition) is 7. The molecule has 0 radical (unpaired) electrons. The number of esters is 1. The molecule has 0 saturated heterocycles. The third kappa shape index (κ3) is 4.51. The Labute approximate surface area is 210 Å². The number of fused-ring (bicyclic) bond motifs is 2. The van der Waals surface area contributed by atoms with Crippen LogP contribution in [-0.2, 0) is 11.3 Å². The van der Waals surface area contributed by atoms with Gasteiger partial charge in [-0.25, -0.2) is 9.18 Å². The van der Waals surface area contributed by atoms with Crippen LogP contribution >= 0.6 is 0 Å². The topological polar surface area (TPSA) is 103 Å². The molecule has 5 aromatic rings. The zero-order chi connectivity index (χ0) is 25.9. The van der Waals surface area contributed by atoms with Gasteiger partial charge in [0, 0.05) is 22.9 Å². The fourth-order valence-corrected chi connectivity index (χ4v) is 4.38. The van der Waals surface area contributed by atoms with Crippen LogP contribution in [0.15, 0.2) is 76.3 Å². The molecule has 0 spiro atoms. The van der Waals surface area contributed by atoms with Crippen LogP contribution in [0.2, 0.25) is 0 Å². The monoisotopic (exact) mass is 502 g/mol. The first-order valence-corrected chi connectivity index (χ1v) is 11.8. The van der Waals surface area contributed by atoms with Crippen LogP contribution in [0.25, 0.3) is 33.2 Å². The predicted octanol–water partition coefficient (Wildman–Crippen LogP) is 6.94. The summed E-state index contributed by atoms with van der Waals surface area (Å²) >= 11 is 0. The van der Waals surface area contributed by atoms with Gasteiger partial charge in [-0.2, -0.15) is 0 Å². The second-order valence-electron chi connectivity index (χ2n) is 8.33. The lowest BCUT2D eigenvalue weighted by Crippen LogP contribution is -2.06. The molecule has 188 valence electrons. The standard InChI is InChI=1S/C28H23FN2O6/c1-2-35-28(33)24-21-16-19(12-13-23(21)37-26(24)17-8-10-18(29)11-9-17)36-15-5-14-31-22-7-4-3-6-20(22)25(30-34)27(31)32/h3-4,6-13,16,32H,2,5,14-15H2,1H3. The number of nitrogens with zero attached hydrogens (tertiary/aromatic N) is 2. The number of aromatic nitrogens is 1. The van der Waals surface area contributed by atoms with E-state index in [9.17, 15) is 19.2 Å². The Morgan fingerprint density at radius 3 is 2.62 bits per heavy atom. The van der Waals surface area contributed by atoms with Gasteiger partial charge in [-0.15, -0.1) is 4.91 Å². The molecule has 0 aliphatic heterocycles. The summed E-state index contributed by atoms with van der Waals surface area (Å²) in [6.45, 7) is 2.61. The minimum Gasteiger partial charge on any atom is -0.494 e. The number of ether oxygens (including phenoxy) is 2. The number of benzene rings is 3. The third-order valence-corrected chi connectivity index (χ3v) is 6.05. The van der Waals surface area contributed by atoms with Gasteiger partial charge in [-0.05, 0) is 67.1 Å². The first-order chi connectivity index (χ1) is 18.0. The van der Waals surface area contributed by atoms with Crippen molar-refractivity contribution in [3.05, 3.63) is 83.0 Å². The zero-order valence-electron chi connectivity index (χ0n) is 19.9. The van der Waals surface area contributed by atoms with Crippen molar-refractivity contribution in [3.8, 4) is 23.0 Å². The van der Waals surface area contributed by atoms with Gasteiger partial charge in [0.25, 0.3) is 0 Å². The smallest absolute Gasteiger partial charge is 0.342 e. The molecule has 2 aromatic heterocycles. The van der Waals surface area contributed by atoms with Crippen molar-refractivity contribution in [1.29, 1.82) is 0 Å². The lowest BCUT2D eigenvalue weighted by atomic mass is 10.1. The summed E-state index contributed by atoms with van der Waals surface area (Å²) in [6, 6.07) is 18.0. The molecule has 0 aliphatic carbocycles. The Morgan fingerprint density at radius 2 is 1.86 bits per heavy atom. The van der Waals surface area contributed by atoms with Gasteiger partial charge in [0.15, 0.2) is 5.69 Å². The van der Waals surface area contributed by atoms with E-state index in [0.717, 1.165) is 0 Å². The lowest BCUT2D eigenvalue weighted by molar-refractivity contribution is 0.0528. The van der Waals surface area contributed by atoms with Crippen molar-refractivity contribution in [2.75, 3.05) is 13.2 Å². The van der Waals surface area contributed by atoms with E-state index in [-0.39, 0.29) is 23.7 Å². The highest BCUT2D eigenvalue weighted by Gasteiger charge is 2.24. The molecule has 1 N–H and O–H groups in total. The number of hydrogen-bond donors (Lipinski definition) is 1. The molecule has 8 nitrogen and oxygen atoms in total. The van der Waals surface area contributed by atoms with Crippen LogP contribution in [0.4, 0.5) is 10.1 Å². The van der Waals surface area contributed by atoms with Crippen molar-refractivity contribution in [1.82, 2.24) is 4.57 Å². The van der Waals surface area contributed by atoms with E-state index in [1.807, 2.05) is 12.1 Å². The van der Waals surface area contributed by atoms with Gasteiger partial charge < -0.3 is 23.6 Å². The summed E-state index contributed by atoms with van der Waals surface area (Å²) in [5.74, 6) is -0.315. The number of carbonyl (C=O) groups is 1. The summed E-state index contributed by atoms with van der Waals surface area (Å²) in [5, 5.41) is 14.5. The van der Waals surface area contributed by atoms with E-state index in [1.54, 1.807) is 54.0 Å². The summed E-state index contributed by atoms with van der Waals surface area (Å²) in [4.78, 5) is 24.0. The Morgan fingerprint density at radius 1 is 1.08 bits per heavy atom. The number of aryl methyl sites for hydroxylation is 1. The summed E-state index contributed by atoms with van der Waals surface area (Å²) in [7, 11) is 0. The highest BCUT2D eigenvalue weighted by molar-refractivity contribution is 6.09. The van der Waals surface area contributed by atoms with Crippen LogP contribution in [0, 0.1) is 10.7 Å². The Kier molecular flexibility index (Phi) is 6.59. The Bertz CT molecular complexity index is 1600. The molecule has 0 unspecified atom stereocenters. The Hall–Kier alpha value is -4.66. The van der Waals surface area contributed by atoms with Crippen molar-refractivity contribution >= 4 is 33.5 Å². The maximum atomic E-state index is 13.4. The molecular weight excluding hydrogens is 479 g/mol. The predicted molar refractivity (Wildman–Crippen MR) is 137 cm³/mol. The van der Waals surface area contributed by atoms with Crippen LogP contribution < -0.4 is 4.74 Å². The van der Waals surface area contributed by atoms with Crippen molar-refractivity contribution < 1.29 is 28.2 Å². The first kappa shape index (κ1) is 24.1. The number of nitroso groups, excluding NO2 is 1. The molecule has 2 heterocycles. The van der Waals surface area contributed by atoms with E-state index >= 15 is 0 Å². The minimum atomic E-state index is -0.549. The molecule has 37 heavy (non-hydrogen) atoms. The van der Waals surface area contributed by atoms with Gasteiger partial charge in [-0.3, -0.25) is 0 Å². The number of para-hydroxylation sites is 1. The molecule has 0 atom stereocenters. The molecule has 3 aromatic carbocycles. The fourth-order valence-electron chi connectivity index (χ4n) is 4.38. The summed E-state index contributed by atoms with van der Waals surface area (Å²) in [6.07, 6.45) is 0.527. The number of carbonyl (C=O) groups excluding carboxylic acids is 1. The van der Waals surface area contributed by atoms with E-state index in [0.29, 0.717) is 58.5 Å². The molecule has 0 saturated carbocycles. The lowest BCUT2D eigenvalue weighted by Gasteiger charge is -2.09. The van der Waals surface area contributed by atoms with Crippen LogP contribution in [0.1, 0.15) is 23.7 Å². The largest absolute Gasteiger partial charge is 0.494 e. The van der Waals surface area contributed by atoms with Gasteiger partial charge in [0.05, 0.1) is 18.7 Å². The van der Waals surface area contributed by atoms with E-state index < -0.39 is 11.8 Å². The average molecular weight is 502 g/mol. The molecular formula is C28H23FN2O6. The zero-order valence-corrected chi connectivity index (χ0v) is 19.9. The molecule has 0 fully saturated rings. The number of aromatic hydroxyl groups is 1. The van der Waals surface area contributed by atoms with Crippen LogP contribution in [-0.4, -0.2) is 28.9 Å². The SMILES string of the molecule is CCOC(=O)c1c(-c2ccc(F)cc2)oc2ccc(OCCCn3c(O)c(N=O)c4ccccc43)cc12. The maximum absolute atomic E-state index is 13.4. The van der Waals surface area contributed by atoms with E-state index in [1.165, 1.54) is 12.1 Å². The molecule has 0 bridgehead atoms. The van der Waals surface area contributed by atoms with Gasteiger partial charge in [0.2, 0.25) is 5.88 Å². The van der Waals surface area contributed by atoms with Crippen molar-refractivity contribution in [2.45, 2.75) is 19.9 Å². The molecule has 0 aliphatic rings. The highest BCUT2D eigenvalue weighted by atomic mass is 19.1. The normalized spacial score (nSPS) is 11.2. The third-order valence-electron chi connectivity index (χ3n) is 6.05. The molecule has 5 rings (SSSR count). The first-order valence-electron chi connectivity index (χ1n) is 11.8. The van der Waals surface area contributed by atoms with Gasteiger partial charge in [0.1, 0.15) is 28.5 Å². The maximum Gasteiger partial charge on any atom is 0.342 e. The number of furan rings is 1. The average Bonchev–Trinajstić information content (AvgIpc) is 3.41. The highest BCUT2D eigenvalue weighted by Crippen LogP contribution is 2.39. The molecule has 0 amide bonds. The van der Waals surface area contributed by atoms with Gasteiger partial charge in [-0.1, -0.05) is 18.2 Å². The fraction of sp³-hybridized carbons (Fsp3) is 0.179. The number of rotatable bonds is 9. The molecule has 9 heteroatoms. The van der Waals surface area contributed by atoms with Crippen LogP contribution in [0.5, 0.6) is 11.6 Å². The second-order valence-corrected chi connectivity index (χ2v) is 8.33. The number of halogens is 1. The Balaban J connectivity index is 1.37. The quantitative estimate of drug-likeness (QED) is 0.133.